The fourth-order valence-corrected chi connectivity index (χ4v) is 3.91. The Labute approximate surface area is 102 Å². The Balaban J connectivity index is 2.42. The average Bonchev–Trinajstić information content (AvgIpc) is 3.14. The predicted octanol–water partition coefficient (Wildman–Crippen LogP) is 1.35. The van der Waals surface area contributed by atoms with E-state index in [1.165, 1.54) is 4.31 Å². The molecule has 1 aromatic carbocycles. The molecule has 2 rings (SSSR count). The van der Waals surface area contributed by atoms with Crippen molar-refractivity contribution in [2.24, 2.45) is 0 Å². The third-order valence-electron chi connectivity index (χ3n) is 3.00. The number of benzene rings is 1. The van der Waals surface area contributed by atoms with Crippen molar-refractivity contribution < 1.29 is 13.5 Å². The number of sulfonamides is 1. The van der Waals surface area contributed by atoms with E-state index in [0.29, 0.717) is 12.1 Å². The highest BCUT2D eigenvalue weighted by molar-refractivity contribution is 7.89. The van der Waals surface area contributed by atoms with E-state index in [2.05, 4.69) is 0 Å². The second-order valence-electron chi connectivity index (χ2n) is 4.21. The lowest BCUT2D eigenvalue weighted by Crippen LogP contribution is -2.33. The fraction of sp³-hybridized carbons (Fsp3) is 0.500. The third kappa shape index (κ3) is 2.36. The number of aliphatic hydroxyl groups is 1. The Morgan fingerprint density at radius 3 is 2.53 bits per heavy atom. The van der Waals surface area contributed by atoms with Gasteiger partial charge in [-0.05, 0) is 24.5 Å². The van der Waals surface area contributed by atoms with Crippen LogP contribution in [-0.2, 0) is 16.6 Å². The molecule has 1 aliphatic carbocycles. The van der Waals surface area contributed by atoms with Gasteiger partial charge in [-0.2, -0.15) is 4.31 Å². The Bertz CT molecular complexity index is 494. The van der Waals surface area contributed by atoms with Gasteiger partial charge in [0, 0.05) is 12.6 Å². The van der Waals surface area contributed by atoms with Gasteiger partial charge in [0.1, 0.15) is 0 Å². The number of nitrogens with zero attached hydrogens (tertiary/aromatic N) is 1. The lowest BCUT2D eigenvalue weighted by molar-refractivity contribution is 0.278. The molecule has 94 valence electrons. The molecule has 0 amide bonds. The number of aliphatic hydroxyl groups excluding tert-OH is 1. The highest BCUT2D eigenvalue weighted by Crippen LogP contribution is 2.32. The smallest absolute Gasteiger partial charge is 0.243 e. The summed E-state index contributed by atoms with van der Waals surface area (Å²) in [4.78, 5) is 0.233. The lowest BCUT2D eigenvalue weighted by Gasteiger charge is -2.21. The van der Waals surface area contributed by atoms with E-state index in [0.717, 1.165) is 12.8 Å². The molecule has 0 spiro atoms. The first kappa shape index (κ1) is 12.5. The summed E-state index contributed by atoms with van der Waals surface area (Å²) in [5, 5.41) is 9.21. The Hall–Kier alpha value is -0.910. The van der Waals surface area contributed by atoms with Crippen LogP contribution in [0, 0.1) is 0 Å². The second kappa shape index (κ2) is 4.76. The van der Waals surface area contributed by atoms with Crippen molar-refractivity contribution in [2.75, 3.05) is 6.54 Å². The minimum Gasteiger partial charge on any atom is -0.392 e. The molecule has 1 aromatic rings. The van der Waals surface area contributed by atoms with E-state index >= 15 is 0 Å². The molecule has 5 heteroatoms. The summed E-state index contributed by atoms with van der Waals surface area (Å²) >= 11 is 0. The molecule has 0 unspecified atom stereocenters. The molecule has 1 saturated carbocycles. The maximum atomic E-state index is 12.4. The van der Waals surface area contributed by atoms with E-state index in [1.54, 1.807) is 24.3 Å². The number of hydrogen-bond acceptors (Lipinski definition) is 3. The van der Waals surface area contributed by atoms with Crippen molar-refractivity contribution in [1.82, 2.24) is 4.31 Å². The summed E-state index contributed by atoms with van der Waals surface area (Å²) in [7, 11) is -3.46. The summed E-state index contributed by atoms with van der Waals surface area (Å²) in [6.45, 7) is 2.07. The van der Waals surface area contributed by atoms with Crippen molar-refractivity contribution in [3.63, 3.8) is 0 Å². The summed E-state index contributed by atoms with van der Waals surface area (Å²) < 4.78 is 26.4. The third-order valence-corrected chi connectivity index (χ3v) is 5.12. The topological polar surface area (TPSA) is 57.6 Å². The van der Waals surface area contributed by atoms with Crippen LogP contribution in [0.5, 0.6) is 0 Å². The first-order valence-electron chi connectivity index (χ1n) is 5.82. The molecule has 0 aromatic heterocycles. The van der Waals surface area contributed by atoms with E-state index in [1.807, 2.05) is 6.92 Å². The van der Waals surface area contributed by atoms with Gasteiger partial charge in [0.2, 0.25) is 10.0 Å². The van der Waals surface area contributed by atoms with E-state index in [9.17, 15) is 13.5 Å². The van der Waals surface area contributed by atoms with E-state index in [-0.39, 0.29) is 17.5 Å². The lowest BCUT2D eigenvalue weighted by atomic mass is 10.2. The van der Waals surface area contributed by atoms with Crippen molar-refractivity contribution in [3.05, 3.63) is 29.8 Å². The van der Waals surface area contributed by atoms with Crippen LogP contribution in [0.15, 0.2) is 29.2 Å². The maximum absolute atomic E-state index is 12.4. The zero-order chi connectivity index (χ0) is 12.5. The Morgan fingerprint density at radius 2 is 2.00 bits per heavy atom. The number of rotatable bonds is 5. The summed E-state index contributed by atoms with van der Waals surface area (Å²) in [5.41, 5.74) is 0.464. The summed E-state index contributed by atoms with van der Waals surface area (Å²) in [5.74, 6) is 0. The molecule has 1 N–H and O–H groups in total. The van der Waals surface area contributed by atoms with Gasteiger partial charge in [-0.15, -0.1) is 0 Å². The van der Waals surface area contributed by atoms with Crippen molar-refractivity contribution >= 4 is 10.0 Å². The quantitative estimate of drug-likeness (QED) is 0.864. The van der Waals surface area contributed by atoms with Crippen LogP contribution < -0.4 is 0 Å². The van der Waals surface area contributed by atoms with Gasteiger partial charge in [-0.25, -0.2) is 8.42 Å². The van der Waals surface area contributed by atoms with Crippen molar-refractivity contribution in [2.45, 2.75) is 37.3 Å². The fourth-order valence-electron chi connectivity index (χ4n) is 2.00. The molecule has 0 bridgehead atoms. The monoisotopic (exact) mass is 255 g/mol. The van der Waals surface area contributed by atoms with Gasteiger partial charge < -0.3 is 5.11 Å². The van der Waals surface area contributed by atoms with Gasteiger partial charge in [-0.1, -0.05) is 25.1 Å². The molecule has 0 saturated heterocycles. The van der Waals surface area contributed by atoms with Crippen LogP contribution in [0.3, 0.4) is 0 Å². The molecule has 1 aliphatic rings. The molecular formula is C12H17NO3S. The molecule has 1 fully saturated rings. The van der Waals surface area contributed by atoms with E-state index < -0.39 is 10.0 Å². The van der Waals surface area contributed by atoms with Gasteiger partial charge in [0.25, 0.3) is 0 Å². The number of hydrogen-bond donors (Lipinski definition) is 1. The van der Waals surface area contributed by atoms with Gasteiger partial charge in [0.05, 0.1) is 11.5 Å². The minimum absolute atomic E-state index is 0.150. The average molecular weight is 255 g/mol. The molecule has 4 nitrogen and oxygen atoms in total. The predicted molar refractivity (Wildman–Crippen MR) is 65.0 cm³/mol. The second-order valence-corrected chi connectivity index (χ2v) is 6.06. The first-order valence-corrected chi connectivity index (χ1v) is 7.26. The van der Waals surface area contributed by atoms with Crippen LogP contribution in [0.2, 0.25) is 0 Å². The molecule has 0 atom stereocenters. The molecule has 0 radical (unpaired) electrons. The van der Waals surface area contributed by atoms with Crippen LogP contribution in [0.1, 0.15) is 25.3 Å². The Morgan fingerprint density at radius 1 is 1.35 bits per heavy atom. The highest BCUT2D eigenvalue weighted by Gasteiger charge is 2.37. The van der Waals surface area contributed by atoms with Crippen LogP contribution >= 0.6 is 0 Å². The van der Waals surface area contributed by atoms with E-state index in [4.69, 9.17) is 0 Å². The zero-order valence-corrected chi connectivity index (χ0v) is 10.7. The van der Waals surface area contributed by atoms with Crippen molar-refractivity contribution in [3.8, 4) is 0 Å². The maximum Gasteiger partial charge on any atom is 0.243 e. The standard InChI is InChI=1S/C12H17NO3S/c1-2-13(11-7-8-11)17(15,16)12-6-4-3-5-10(12)9-14/h3-6,11,14H,2,7-9H2,1H3. The summed E-state index contributed by atoms with van der Waals surface area (Å²) in [6.07, 6.45) is 1.88. The van der Waals surface area contributed by atoms with Gasteiger partial charge >= 0.3 is 0 Å². The SMILES string of the molecule is CCN(C1CC1)S(=O)(=O)c1ccccc1CO. The largest absolute Gasteiger partial charge is 0.392 e. The zero-order valence-electron chi connectivity index (χ0n) is 9.83. The molecule has 0 aliphatic heterocycles. The molecule has 17 heavy (non-hydrogen) atoms. The molecule has 0 heterocycles. The highest BCUT2D eigenvalue weighted by atomic mass is 32.2. The first-order chi connectivity index (χ1) is 8.11. The normalized spacial score (nSPS) is 16.4. The summed E-state index contributed by atoms with van der Waals surface area (Å²) in [6, 6.07) is 6.78. The van der Waals surface area contributed by atoms with Gasteiger partial charge in [0.15, 0.2) is 0 Å². The molecular weight excluding hydrogens is 238 g/mol. The van der Waals surface area contributed by atoms with Gasteiger partial charge in [-0.3, -0.25) is 0 Å². The van der Waals surface area contributed by atoms with Crippen LogP contribution in [0.4, 0.5) is 0 Å². The van der Waals surface area contributed by atoms with Crippen molar-refractivity contribution in [1.29, 1.82) is 0 Å². The minimum atomic E-state index is -3.46. The Kier molecular flexibility index (Phi) is 3.51. The van der Waals surface area contributed by atoms with Crippen LogP contribution in [0.25, 0.3) is 0 Å². The van der Waals surface area contributed by atoms with Crippen LogP contribution in [-0.4, -0.2) is 30.4 Å².